The fourth-order valence-electron chi connectivity index (χ4n) is 5.67. The standard InChI is InChI=1S/C33H36ClN5O4/c1-33(2,3)43-32(41)39-14-11-20(12-15-39)28-24-10-7-22(34)17-25(24)26(16-21-6-5-13-36-29(21)28)30(27-18-35-19-38(27)4)37-31(40)42-23-8-9-23/h5-7,10,13,16-19,23,30H,8-9,11-12,14-15H2,1-4H3,(H,37,40). The molecule has 10 heteroatoms. The summed E-state index contributed by atoms with van der Waals surface area (Å²) in [6.07, 6.45) is 9.67. The zero-order valence-electron chi connectivity index (χ0n) is 24.9. The number of aromatic nitrogens is 3. The van der Waals surface area contributed by atoms with E-state index in [0.29, 0.717) is 31.0 Å². The molecule has 3 heterocycles. The van der Waals surface area contributed by atoms with Gasteiger partial charge >= 0.3 is 12.2 Å². The van der Waals surface area contributed by atoms with E-state index in [1.807, 2.05) is 62.7 Å². The highest BCUT2D eigenvalue weighted by molar-refractivity contribution is 6.31. The first-order valence-electron chi connectivity index (χ1n) is 14.7. The molecule has 2 aromatic heterocycles. The monoisotopic (exact) mass is 601 g/mol. The van der Waals surface area contributed by atoms with E-state index in [2.05, 4.69) is 16.4 Å². The third-order valence-corrected chi connectivity index (χ3v) is 8.08. The van der Waals surface area contributed by atoms with Gasteiger partial charge in [0, 0.05) is 42.5 Å². The van der Waals surface area contributed by atoms with Crippen molar-refractivity contribution in [3.8, 4) is 0 Å². The number of hydrogen-bond donors (Lipinski definition) is 1. The fraction of sp³-hybridized carbons (Fsp3) is 0.394. The van der Waals surface area contributed by atoms with Crippen LogP contribution >= 0.6 is 11.6 Å². The van der Waals surface area contributed by atoms with E-state index in [-0.39, 0.29) is 12.2 Å². The maximum atomic E-state index is 13.1. The molecule has 1 saturated carbocycles. The van der Waals surface area contributed by atoms with Crippen molar-refractivity contribution in [2.75, 3.05) is 13.1 Å². The molecule has 2 fully saturated rings. The zero-order chi connectivity index (χ0) is 30.3. The number of amides is 2. The Morgan fingerprint density at radius 3 is 2.56 bits per heavy atom. The summed E-state index contributed by atoms with van der Waals surface area (Å²) >= 11 is 6.64. The number of carbonyl (C=O) groups is 2. The van der Waals surface area contributed by atoms with Gasteiger partial charge in [0.05, 0.1) is 23.9 Å². The minimum atomic E-state index is -0.567. The SMILES string of the molecule is Cn1cncc1C(NC(=O)OC1CC1)C1=Cc2cccnc2C(=C2CCN(C(=O)OC(C)(C)C)CC2)c2ccc(Cl)cc21. The molecule has 1 aromatic carbocycles. The minimum Gasteiger partial charge on any atom is -0.446 e. The predicted molar refractivity (Wildman–Crippen MR) is 165 cm³/mol. The van der Waals surface area contributed by atoms with Crippen molar-refractivity contribution in [2.45, 2.75) is 64.2 Å². The van der Waals surface area contributed by atoms with Crippen LogP contribution in [0.15, 0.2) is 54.6 Å². The minimum absolute atomic E-state index is 0.0372. The molecular weight excluding hydrogens is 566 g/mol. The van der Waals surface area contributed by atoms with Crippen LogP contribution in [0.1, 0.15) is 80.6 Å². The number of hydrogen-bond acceptors (Lipinski definition) is 6. The molecule has 0 spiro atoms. The second-order valence-corrected chi connectivity index (χ2v) is 12.7. The largest absolute Gasteiger partial charge is 0.446 e. The number of nitrogens with zero attached hydrogens (tertiary/aromatic N) is 4. The summed E-state index contributed by atoms with van der Waals surface area (Å²) in [6, 6.07) is 9.24. The first-order chi connectivity index (χ1) is 20.6. The number of alkyl carbamates (subject to hydrolysis) is 1. The molecule has 9 nitrogen and oxygen atoms in total. The lowest BCUT2D eigenvalue weighted by Crippen LogP contribution is -2.40. The number of halogens is 1. The average Bonchev–Trinajstić information content (AvgIpc) is 3.70. The van der Waals surface area contributed by atoms with E-state index in [4.69, 9.17) is 26.1 Å². The molecule has 0 radical (unpaired) electrons. The number of imidazole rings is 1. The van der Waals surface area contributed by atoms with Crippen LogP contribution in [0.5, 0.6) is 0 Å². The number of ether oxygens (including phenoxy) is 2. The fourth-order valence-corrected chi connectivity index (χ4v) is 5.84. The van der Waals surface area contributed by atoms with E-state index in [0.717, 1.165) is 52.1 Å². The molecule has 1 saturated heterocycles. The quantitative estimate of drug-likeness (QED) is 0.354. The molecule has 1 aliphatic heterocycles. The van der Waals surface area contributed by atoms with Crippen molar-refractivity contribution in [3.63, 3.8) is 0 Å². The number of aryl methyl sites for hydroxylation is 1. The molecule has 1 N–H and O–H groups in total. The van der Waals surface area contributed by atoms with Gasteiger partial charge in [-0.2, -0.15) is 0 Å². The van der Waals surface area contributed by atoms with Gasteiger partial charge in [-0.05, 0) is 87.4 Å². The lowest BCUT2D eigenvalue weighted by molar-refractivity contribution is 0.0236. The number of pyridine rings is 1. The van der Waals surface area contributed by atoms with Crippen LogP contribution in [0, 0.1) is 0 Å². The van der Waals surface area contributed by atoms with Gasteiger partial charge in [0.1, 0.15) is 17.7 Å². The molecule has 3 aliphatic rings. The second-order valence-electron chi connectivity index (χ2n) is 12.3. The number of fused-ring (bicyclic) bond motifs is 2. The van der Waals surface area contributed by atoms with Gasteiger partial charge in [0.15, 0.2) is 0 Å². The Bertz CT molecular complexity index is 1620. The first kappa shape index (κ1) is 29.0. The number of likely N-dealkylation sites (tertiary alicyclic amines) is 1. The average molecular weight is 602 g/mol. The molecule has 1 atom stereocenters. The smallest absolute Gasteiger partial charge is 0.410 e. The highest BCUT2D eigenvalue weighted by Crippen LogP contribution is 2.45. The molecule has 1 unspecified atom stereocenters. The lowest BCUT2D eigenvalue weighted by atomic mass is 9.86. The second kappa shape index (κ2) is 11.5. The van der Waals surface area contributed by atoms with Crippen LogP contribution in [0.25, 0.3) is 17.2 Å². The molecule has 0 bridgehead atoms. The van der Waals surface area contributed by atoms with Crippen molar-refractivity contribution in [1.82, 2.24) is 24.8 Å². The highest BCUT2D eigenvalue weighted by Gasteiger charge is 2.34. The van der Waals surface area contributed by atoms with Crippen LogP contribution in [0.4, 0.5) is 9.59 Å². The first-order valence-corrected chi connectivity index (χ1v) is 15.1. The summed E-state index contributed by atoms with van der Waals surface area (Å²) in [5.41, 5.74) is 6.97. The van der Waals surface area contributed by atoms with Gasteiger partial charge in [-0.15, -0.1) is 0 Å². The summed E-state index contributed by atoms with van der Waals surface area (Å²) in [6.45, 7) is 6.73. The Balaban J connectivity index is 1.45. The van der Waals surface area contributed by atoms with Gasteiger partial charge in [0.2, 0.25) is 0 Å². The van der Waals surface area contributed by atoms with Crippen LogP contribution in [-0.4, -0.2) is 56.4 Å². The van der Waals surface area contributed by atoms with E-state index >= 15 is 0 Å². The van der Waals surface area contributed by atoms with Crippen molar-refractivity contribution in [2.24, 2.45) is 7.05 Å². The highest BCUT2D eigenvalue weighted by atomic mass is 35.5. The lowest BCUT2D eigenvalue weighted by Gasteiger charge is -2.32. The maximum Gasteiger partial charge on any atom is 0.410 e. The van der Waals surface area contributed by atoms with E-state index in [1.165, 1.54) is 5.57 Å². The van der Waals surface area contributed by atoms with Crippen LogP contribution in [0.3, 0.4) is 0 Å². The molecule has 2 aliphatic carbocycles. The van der Waals surface area contributed by atoms with Gasteiger partial charge in [-0.1, -0.05) is 29.3 Å². The Morgan fingerprint density at radius 2 is 1.88 bits per heavy atom. The Morgan fingerprint density at radius 1 is 1.12 bits per heavy atom. The van der Waals surface area contributed by atoms with Gasteiger partial charge in [0.25, 0.3) is 0 Å². The summed E-state index contributed by atoms with van der Waals surface area (Å²) in [4.78, 5) is 36.9. The van der Waals surface area contributed by atoms with E-state index in [1.54, 1.807) is 23.6 Å². The number of piperidine rings is 1. The molecule has 2 amide bonds. The normalized spacial score (nSPS) is 17.3. The van der Waals surface area contributed by atoms with Crippen molar-refractivity contribution < 1.29 is 19.1 Å². The van der Waals surface area contributed by atoms with Crippen molar-refractivity contribution in [3.05, 3.63) is 87.7 Å². The number of carbonyl (C=O) groups excluding carboxylic acids is 2. The van der Waals surface area contributed by atoms with Crippen LogP contribution in [0.2, 0.25) is 5.02 Å². The summed E-state index contributed by atoms with van der Waals surface area (Å²) in [5.74, 6) is 0. The van der Waals surface area contributed by atoms with Gasteiger partial charge < -0.3 is 24.3 Å². The summed E-state index contributed by atoms with van der Waals surface area (Å²) < 4.78 is 13.1. The molecule has 224 valence electrons. The van der Waals surface area contributed by atoms with Crippen molar-refractivity contribution >= 4 is 41.0 Å². The van der Waals surface area contributed by atoms with Crippen molar-refractivity contribution in [1.29, 1.82) is 0 Å². The van der Waals surface area contributed by atoms with Gasteiger partial charge in [-0.3, -0.25) is 4.98 Å². The van der Waals surface area contributed by atoms with Crippen LogP contribution < -0.4 is 5.32 Å². The maximum absolute atomic E-state index is 13.1. The van der Waals surface area contributed by atoms with E-state index in [9.17, 15) is 9.59 Å². The third-order valence-electron chi connectivity index (χ3n) is 7.84. The molecule has 43 heavy (non-hydrogen) atoms. The molecule has 3 aromatic rings. The molecular formula is C33H36ClN5O4. The zero-order valence-corrected chi connectivity index (χ0v) is 25.6. The Kier molecular flexibility index (Phi) is 7.77. The van der Waals surface area contributed by atoms with Gasteiger partial charge in [-0.25, -0.2) is 14.6 Å². The predicted octanol–water partition coefficient (Wildman–Crippen LogP) is 6.79. The number of benzene rings is 1. The molecule has 6 rings (SSSR count). The topological polar surface area (TPSA) is 98.6 Å². The number of rotatable bonds is 4. The number of nitrogens with one attached hydrogen (secondary N) is 1. The van der Waals surface area contributed by atoms with Crippen LogP contribution in [-0.2, 0) is 16.5 Å². The summed E-state index contributed by atoms with van der Waals surface area (Å²) in [7, 11) is 1.90. The van der Waals surface area contributed by atoms with E-state index < -0.39 is 17.7 Å². The Hall–Kier alpha value is -4.11. The Labute approximate surface area is 256 Å². The third kappa shape index (κ3) is 6.32. The summed E-state index contributed by atoms with van der Waals surface area (Å²) in [5, 5.41) is 3.70.